The summed E-state index contributed by atoms with van der Waals surface area (Å²) in [4.78, 5) is 2.62. The van der Waals surface area contributed by atoms with Gasteiger partial charge < -0.3 is 5.32 Å². The standard InChI is InChI=1S/C15H19N3/c16-11-12-1-2-14-10-15(4-3-13(14)9-12)18-7-5-17-6-8-18/h1-2,9,15,17H,3-8,10H2/t15-/m1/s1. The summed E-state index contributed by atoms with van der Waals surface area (Å²) in [5, 5.41) is 12.3. The van der Waals surface area contributed by atoms with Gasteiger partial charge in [0.05, 0.1) is 11.6 Å². The van der Waals surface area contributed by atoms with E-state index in [-0.39, 0.29) is 0 Å². The molecule has 0 spiro atoms. The molecule has 18 heavy (non-hydrogen) atoms. The molecule has 1 atom stereocenters. The fourth-order valence-electron chi connectivity index (χ4n) is 3.16. The lowest BCUT2D eigenvalue weighted by atomic mass is 9.86. The quantitative estimate of drug-likeness (QED) is 0.806. The van der Waals surface area contributed by atoms with E-state index in [1.54, 1.807) is 0 Å². The van der Waals surface area contributed by atoms with Crippen LogP contribution in [0.25, 0.3) is 0 Å². The summed E-state index contributed by atoms with van der Waals surface area (Å²) in [6.45, 7) is 4.60. The van der Waals surface area contributed by atoms with Crippen molar-refractivity contribution < 1.29 is 0 Å². The highest BCUT2D eigenvalue weighted by Crippen LogP contribution is 2.25. The van der Waals surface area contributed by atoms with E-state index in [4.69, 9.17) is 5.26 Å². The molecule has 1 aliphatic carbocycles. The Balaban J connectivity index is 1.75. The van der Waals surface area contributed by atoms with Crippen LogP contribution in [0, 0.1) is 11.3 Å². The highest BCUT2D eigenvalue weighted by molar-refractivity contribution is 5.39. The number of benzene rings is 1. The third-order valence-electron chi connectivity index (χ3n) is 4.21. The molecule has 0 saturated carbocycles. The first-order valence-corrected chi connectivity index (χ1v) is 6.83. The minimum Gasteiger partial charge on any atom is -0.314 e. The Labute approximate surface area is 108 Å². The van der Waals surface area contributed by atoms with Gasteiger partial charge in [0.15, 0.2) is 0 Å². The first-order valence-electron chi connectivity index (χ1n) is 6.83. The van der Waals surface area contributed by atoms with E-state index >= 15 is 0 Å². The maximum atomic E-state index is 8.93. The molecule has 1 heterocycles. The average molecular weight is 241 g/mol. The zero-order chi connectivity index (χ0) is 12.4. The SMILES string of the molecule is N#Cc1ccc2c(c1)CC[C@@H](N1CCNCC1)C2. The van der Waals surface area contributed by atoms with Gasteiger partial charge in [-0.25, -0.2) is 0 Å². The summed E-state index contributed by atoms with van der Waals surface area (Å²) < 4.78 is 0. The first-order chi connectivity index (χ1) is 8.86. The highest BCUT2D eigenvalue weighted by Gasteiger charge is 2.25. The lowest BCUT2D eigenvalue weighted by molar-refractivity contribution is 0.159. The summed E-state index contributed by atoms with van der Waals surface area (Å²) in [7, 11) is 0. The Morgan fingerprint density at radius 2 is 2.06 bits per heavy atom. The van der Waals surface area contributed by atoms with Gasteiger partial charge in [-0.2, -0.15) is 5.26 Å². The van der Waals surface area contributed by atoms with Gasteiger partial charge in [0.2, 0.25) is 0 Å². The molecule has 3 heteroatoms. The second-order valence-electron chi connectivity index (χ2n) is 5.28. The summed E-state index contributed by atoms with van der Waals surface area (Å²) in [6, 6.07) is 9.12. The molecule has 1 aliphatic heterocycles. The Morgan fingerprint density at radius 1 is 1.22 bits per heavy atom. The van der Waals surface area contributed by atoms with Gasteiger partial charge in [-0.15, -0.1) is 0 Å². The van der Waals surface area contributed by atoms with Crippen LogP contribution in [0.4, 0.5) is 0 Å². The van der Waals surface area contributed by atoms with Gasteiger partial charge in [0.1, 0.15) is 0 Å². The van der Waals surface area contributed by atoms with E-state index in [1.165, 1.54) is 30.6 Å². The molecule has 94 valence electrons. The molecular weight excluding hydrogens is 222 g/mol. The van der Waals surface area contributed by atoms with Crippen molar-refractivity contribution in [2.75, 3.05) is 26.2 Å². The minimum atomic E-state index is 0.701. The summed E-state index contributed by atoms with van der Waals surface area (Å²) in [6.07, 6.45) is 3.52. The zero-order valence-corrected chi connectivity index (χ0v) is 10.7. The van der Waals surface area contributed by atoms with Crippen LogP contribution in [0.3, 0.4) is 0 Å². The zero-order valence-electron chi connectivity index (χ0n) is 10.7. The number of piperazine rings is 1. The number of hydrogen-bond acceptors (Lipinski definition) is 3. The normalized spacial score (nSPS) is 24.3. The number of rotatable bonds is 1. The number of hydrogen-bond donors (Lipinski definition) is 1. The summed E-state index contributed by atoms with van der Waals surface area (Å²) in [5.41, 5.74) is 3.64. The molecule has 0 aromatic heterocycles. The van der Waals surface area contributed by atoms with Crippen molar-refractivity contribution in [2.45, 2.75) is 25.3 Å². The molecule has 3 rings (SSSR count). The summed E-state index contributed by atoms with van der Waals surface area (Å²) in [5.74, 6) is 0. The second-order valence-corrected chi connectivity index (χ2v) is 5.28. The van der Waals surface area contributed by atoms with Crippen molar-refractivity contribution in [3.05, 3.63) is 34.9 Å². The molecule has 0 radical (unpaired) electrons. The average Bonchev–Trinajstić information content (AvgIpc) is 2.47. The van der Waals surface area contributed by atoms with Gasteiger partial charge in [-0.05, 0) is 42.5 Å². The number of aryl methyl sites for hydroxylation is 1. The molecule has 0 unspecified atom stereocenters. The van der Waals surface area contributed by atoms with E-state index in [0.29, 0.717) is 6.04 Å². The minimum absolute atomic E-state index is 0.701. The molecule has 1 N–H and O–H groups in total. The van der Waals surface area contributed by atoms with Crippen molar-refractivity contribution in [3.8, 4) is 6.07 Å². The first kappa shape index (κ1) is 11.7. The second kappa shape index (κ2) is 5.09. The fourth-order valence-corrected chi connectivity index (χ4v) is 3.16. The molecule has 0 amide bonds. The topological polar surface area (TPSA) is 39.1 Å². The Kier molecular flexibility index (Phi) is 3.31. The Bertz CT molecular complexity index is 469. The van der Waals surface area contributed by atoms with Crippen LogP contribution in [-0.2, 0) is 12.8 Å². The van der Waals surface area contributed by atoms with Crippen LogP contribution in [0.15, 0.2) is 18.2 Å². The molecule has 1 aromatic rings. The maximum Gasteiger partial charge on any atom is 0.0991 e. The van der Waals surface area contributed by atoms with E-state index in [1.807, 2.05) is 6.07 Å². The van der Waals surface area contributed by atoms with Crippen molar-refractivity contribution in [1.82, 2.24) is 10.2 Å². The van der Waals surface area contributed by atoms with Crippen LogP contribution in [0.1, 0.15) is 23.1 Å². The largest absolute Gasteiger partial charge is 0.314 e. The number of nitrogens with zero attached hydrogens (tertiary/aromatic N) is 2. The lowest BCUT2D eigenvalue weighted by Gasteiger charge is -2.37. The third-order valence-corrected chi connectivity index (χ3v) is 4.21. The fraction of sp³-hybridized carbons (Fsp3) is 0.533. The van der Waals surface area contributed by atoms with Crippen molar-refractivity contribution >= 4 is 0 Å². The molecule has 1 aromatic carbocycles. The van der Waals surface area contributed by atoms with Crippen molar-refractivity contribution in [1.29, 1.82) is 5.26 Å². The maximum absolute atomic E-state index is 8.93. The molecule has 0 bridgehead atoms. The van der Waals surface area contributed by atoms with Crippen molar-refractivity contribution in [3.63, 3.8) is 0 Å². The monoisotopic (exact) mass is 241 g/mol. The van der Waals surface area contributed by atoms with Crippen LogP contribution in [-0.4, -0.2) is 37.1 Å². The number of nitriles is 1. The van der Waals surface area contributed by atoms with E-state index in [0.717, 1.165) is 31.5 Å². The number of fused-ring (bicyclic) bond motifs is 1. The predicted molar refractivity (Wildman–Crippen MR) is 71.4 cm³/mol. The molecule has 3 nitrogen and oxygen atoms in total. The van der Waals surface area contributed by atoms with Gasteiger partial charge >= 0.3 is 0 Å². The van der Waals surface area contributed by atoms with Gasteiger partial charge in [0.25, 0.3) is 0 Å². The Hall–Kier alpha value is -1.37. The predicted octanol–water partition coefficient (Wildman–Crippen LogP) is 1.32. The highest BCUT2D eigenvalue weighted by atomic mass is 15.2. The smallest absolute Gasteiger partial charge is 0.0991 e. The van der Waals surface area contributed by atoms with Crippen LogP contribution in [0.5, 0.6) is 0 Å². The molecule has 2 aliphatic rings. The van der Waals surface area contributed by atoms with E-state index < -0.39 is 0 Å². The van der Waals surface area contributed by atoms with Gasteiger partial charge in [-0.3, -0.25) is 4.90 Å². The lowest BCUT2D eigenvalue weighted by Crippen LogP contribution is -2.50. The molecular formula is C15H19N3. The van der Waals surface area contributed by atoms with Crippen molar-refractivity contribution in [2.24, 2.45) is 0 Å². The van der Waals surface area contributed by atoms with E-state index in [9.17, 15) is 0 Å². The van der Waals surface area contributed by atoms with Crippen LogP contribution >= 0.6 is 0 Å². The van der Waals surface area contributed by atoms with E-state index in [2.05, 4.69) is 28.4 Å². The Morgan fingerprint density at radius 3 is 2.83 bits per heavy atom. The number of nitrogens with one attached hydrogen (secondary N) is 1. The van der Waals surface area contributed by atoms with Gasteiger partial charge in [0, 0.05) is 32.2 Å². The van der Waals surface area contributed by atoms with Crippen LogP contribution in [0.2, 0.25) is 0 Å². The summed E-state index contributed by atoms with van der Waals surface area (Å²) >= 11 is 0. The van der Waals surface area contributed by atoms with Gasteiger partial charge in [-0.1, -0.05) is 6.07 Å². The molecule has 1 saturated heterocycles. The third kappa shape index (κ3) is 2.27. The molecule has 1 fully saturated rings. The van der Waals surface area contributed by atoms with Crippen LogP contribution < -0.4 is 5.32 Å².